The molecule has 0 fully saturated rings. The second-order valence-electron chi connectivity index (χ2n) is 18.4. The first kappa shape index (κ1) is 52.6. The van der Waals surface area contributed by atoms with Crippen LogP contribution < -0.4 is 0 Å². The summed E-state index contributed by atoms with van der Waals surface area (Å²) in [5.41, 5.74) is -1.08. The number of benzene rings is 4. The van der Waals surface area contributed by atoms with Crippen LogP contribution in [0, 0.1) is 11.8 Å². The number of halogens is 14. The first-order chi connectivity index (χ1) is 30.4. The molecule has 4 atom stereocenters. The van der Waals surface area contributed by atoms with Crippen molar-refractivity contribution in [3.05, 3.63) is 127 Å². The monoisotopic (exact) mass is 1070 g/mol. The molecule has 0 radical (unpaired) electrons. The van der Waals surface area contributed by atoms with Gasteiger partial charge in [0.05, 0.1) is 0 Å². The number of allylic oxidation sites excluding steroid dienone is 2. The van der Waals surface area contributed by atoms with Crippen molar-refractivity contribution in [3.63, 3.8) is 0 Å². The number of hydrogen-bond donors (Lipinski definition) is 0. The molecule has 2 aliphatic carbocycles. The predicted molar refractivity (Wildman–Crippen MR) is 243 cm³/mol. The van der Waals surface area contributed by atoms with E-state index in [0.29, 0.717) is 71.9 Å². The van der Waals surface area contributed by atoms with E-state index in [9.17, 15) is 52.7 Å². The zero-order valence-corrected chi connectivity index (χ0v) is 43.0. The average Bonchev–Trinajstić information content (AvgIpc) is 3.83. The van der Waals surface area contributed by atoms with Gasteiger partial charge in [-0.05, 0) is 0 Å². The predicted octanol–water partition coefficient (Wildman–Crippen LogP) is 18.6. The molecular formula is C50H53Cl2F12SiZr. The van der Waals surface area contributed by atoms with E-state index >= 15 is 0 Å². The molecule has 6 rings (SSSR count). The van der Waals surface area contributed by atoms with Gasteiger partial charge in [-0.15, -0.1) is 0 Å². The standard InChI is InChI=1S/2C24H23F6.C2H7Si.2ClH.Zr/c2*1-4-6-15-7-8-16-9-17(14(3)5-2)12-21(16)22(15)18-10-19(23(25,26)27)13-20(11-18)24(28,29)30;1-3-2;;;/h2*7-14H,4-6H2,1-3H3;3H,1-2H3;2*1H;/q;;;;;+2/p-2. The Labute approximate surface area is 387 Å². The number of rotatable bonds is 13. The van der Waals surface area contributed by atoms with Crippen LogP contribution >= 0.6 is 17.0 Å². The minimum atomic E-state index is -5.92. The average molecular weight is 1070 g/mol. The molecule has 0 bridgehead atoms. The molecule has 0 saturated heterocycles. The molecule has 0 nitrogen and oxygen atoms in total. The molecule has 0 spiro atoms. The van der Waals surface area contributed by atoms with Crippen LogP contribution in [0.25, 0.3) is 34.4 Å². The molecule has 0 aliphatic heterocycles. The molecule has 66 heavy (non-hydrogen) atoms. The molecule has 0 saturated carbocycles. The summed E-state index contributed by atoms with van der Waals surface area (Å²) < 4.78 is 172. The van der Waals surface area contributed by atoms with Crippen molar-refractivity contribution in [1.29, 1.82) is 0 Å². The van der Waals surface area contributed by atoms with Gasteiger partial charge in [0.2, 0.25) is 0 Å². The van der Waals surface area contributed by atoms with E-state index in [-0.39, 0.29) is 46.2 Å². The van der Waals surface area contributed by atoms with Crippen molar-refractivity contribution >= 4 is 35.1 Å². The maximum absolute atomic E-state index is 14.4. The zero-order chi connectivity index (χ0) is 49.3. The molecule has 2 aliphatic rings. The Kier molecular flexibility index (Phi) is 14.7. The SMILES string of the molecule is CCCc1ccc2c(c1-c1cc(C(F)(F)F)cc(C(F)(F)F)c1)C=C(C(C)CC)[CH]2[Zr]([Cl])([Cl])([CH]1C(C(C)CC)=Cc2c1ccc(CCC)c2-c1cc(C(F)(F)F)cc(C(F)(F)F)c1)[SiH](C)C. The van der Waals surface area contributed by atoms with Crippen LogP contribution in [-0.2, 0) is 53.1 Å². The molecule has 0 aromatic heterocycles. The molecule has 4 aromatic carbocycles. The third kappa shape index (κ3) is 9.45. The fraction of sp³-hybridized carbons (Fsp3) is 0.440. The van der Waals surface area contributed by atoms with Gasteiger partial charge in [-0.2, -0.15) is 0 Å². The molecule has 0 N–H and O–H groups in total. The van der Waals surface area contributed by atoms with E-state index in [0.717, 1.165) is 35.4 Å². The summed E-state index contributed by atoms with van der Waals surface area (Å²) >= 11 is -5.92. The van der Waals surface area contributed by atoms with Gasteiger partial charge >= 0.3 is 390 Å². The Balaban J connectivity index is 1.74. The molecule has 4 aromatic rings. The number of aryl methyl sites for hydroxylation is 2. The normalized spacial score (nSPS) is 18.4. The molecule has 359 valence electrons. The van der Waals surface area contributed by atoms with Gasteiger partial charge in [0, 0.05) is 0 Å². The number of alkyl halides is 12. The first-order valence-electron chi connectivity index (χ1n) is 22.3. The summed E-state index contributed by atoms with van der Waals surface area (Å²) in [4.78, 5) is 0. The topological polar surface area (TPSA) is 0 Å². The summed E-state index contributed by atoms with van der Waals surface area (Å²) in [7, 11) is 17.4. The van der Waals surface area contributed by atoms with Crippen molar-refractivity contribution in [2.45, 2.75) is 125 Å². The van der Waals surface area contributed by atoms with Crippen molar-refractivity contribution in [2.75, 3.05) is 0 Å². The van der Waals surface area contributed by atoms with E-state index in [4.69, 9.17) is 17.0 Å². The number of fused-ring (bicyclic) bond motifs is 2. The van der Waals surface area contributed by atoms with Crippen LogP contribution in [0.4, 0.5) is 52.7 Å². The fourth-order valence-corrected chi connectivity index (χ4v) is 41.5. The van der Waals surface area contributed by atoms with Crippen LogP contribution in [0.5, 0.6) is 0 Å². The molecule has 16 heteroatoms. The summed E-state index contributed by atoms with van der Waals surface area (Å²) in [6.07, 6.45) is -13.8. The summed E-state index contributed by atoms with van der Waals surface area (Å²) in [5, 5.41) is 0. The second kappa shape index (κ2) is 18.5. The summed E-state index contributed by atoms with van der Waals surface area (Å²) in [6.45, 7) is 15.6. The van der Waals surface area contributed by atoms with Gasteiger partial charge in [-0.3, -0.25) is 0 Å². The van der Waals surface area contributed by atoms with Crippen molar-refractivity contribution < 1.29 is 68.2 Å². The Morgan fingerprint density at radius 3 is 1.06 bits per heavy atom. The first-order valence-corrected chi connectivity index (χ1v) is 38.7. The van der Waals surface area contributed by atoms with Gasteiger partial charge in [0.1, 0.15) is 0 Å². The van der Waals surface area contributed by atoms with Crippen LogP contribution in [-0.4, -0.2) is 5.92 Å². The van der Waals surface area contributed by atoms with Crippen LogP contribution in [0.3, 0.4) is 0 Å². The minimum absolute atomic E-state index is 0.109. The quantitative estimate of drug-likeness (QED) is 0.0925. The van der Waals surface area contributed by atoms with Crippen molar-refractivity contribution in [1.82, 2.24) is 0 Å². The zero-order valence-electron chi connectivity index (χ0n) is 37.8. The van der Waals surface area contributed by atoms with Crippen LogP contribution in [0.2, 0.25) is 13.1 Å². The third-order valence-electron chi connectivity index (χ3n) is 14.0. The van der Waals surface area contributed by atoms with Gasteiger partial charge in [-0.1, -0.05) is 0 Å². The van der Waals surface area contributed by atoms with E-state index in [1.54, 1.807) is 12.1 Å². The maximum atomic E-state index is 14.4. The van der Waals surface area contributed by atoms with E-state index in [1.807, 2.05) is 78.9 Å². The Bertz CT molecular complexity index is 2330. The third-order valence-corrected chi connectivity index (χ3v) is 65.7. The Morgan fingerprint density at radius 2 is 0.818 bits per heavy atom. The van der Waals surface area contributed by atoms with Crippen LogP contribution in [0.15, 0.2) is 71.8 Å². The van der Waals surface area contributed by atoms with Gasteiger partial charge in [0.15, 0.2) is 0 Å². The summed E-state index contributed by atoms with van der Waals surface area (Å²) in [6, 6.07) is 10.4. The molecule has 0 amide bonds. The van der Waals surface area contributed by atoms with E-state index < -0.39 is 75.7 Å². The van der Waals surface area contributed by atoms with Crippen molar-refractivity contribution in [2.24, 2.45) is 11.8 Å². The second-order valence-corrected chi connectivity index (χ2v) is 61.0. The van der Waals surface area contributed by atoms with Crippen molar-refractivity contribution in [3.8, 4) is 22.3 Å². The molecular weight excluding hydrogens is 1020 g/mol. The van der Waals surface area contributed by atoms with Gasteiger partial charge < -0.3 is 0 Å². The molecule has 4 unspecified atom stereocenters. The Hall–Kier alpha value is -2.80. The molecule has 0 heterocycles. The summed E-state index contributed by atoms with van der Waals surface area (Å²) in [5.74, 6) is -2.85. The van der Waals surface area contributed by atoms with E-state index in [2.05, 4.69) is 0 Å². The Morgan fingerprint density at radius 1 is 0.515 bits per heavy atom. The van der Waals surface area contributed by atoms with Gasteiger partial charge in [0.25, 0.3) is 0 Å². The fourth-order valence-electron chi connectivity index (χ4n) is 10.3. The number of hydrogen-bond acceptors (Lipinski definition) is 0. The van der Waals surface area contributed by atoms with Crippen LogP contribution in [0.1, 0.15) is 130 Å². The van der Waals surface area contributed by atoms with Gasteiger partial charge in [-0.25, -0.2) is 0 Å². The van der Waals surface area contributed by atoms with E-state index in [1.165, 1.54) is 0 Å².